The van der Waals surface area contributed by atoms with Gasteiger partial charge in [0.2, 0.25) is 0 Å². The molecule has 0 bridgehead atoms. The van der Waals surface area contributed by atoms with Gasteiger partial charge in [0.15, 0.2) is 0 Å². The van der Waals surface area contributed by atoms with Crippen LogP contribution in [0.25, 0.3) is 0 Å². The standard InChI is InChI=1S/C17H13F3N4O2/c18-11-4-6-12(7-5-11)21-17(25)26-10-13-8-24(23-22-13)9-14-15(19)2-1-3-16(14)20/h1-8H,9-10H2,(H,21,25). The van der Waals surface area contributed by atoms with E-state index < -0.39 is 23.5 Å². The summed E-state index contributed by atoms with van der Waals surface area (Å²) >= 11 is 0. The molecule has 0 aliphatic carbocycles. The molecular formula is C17H13F3N4O2. The van der Waals surface area contributed by atoms with Gasteiger partial charge in [0.05, 0.1) is 12.7 Å². The van der Waals surface area contributed by atoms with Gasteiger partial charge in [-0.25, -0.2) is 22.6 Å². The number of halogens is 3. The van der Waals surface area contributed by atoms with Crippen LogP contribution in [-0.2, 0) is 17.9 Å². The van der Waals surface area contributed by atoms with Crippen molar-refractivity contribution in [1.82, 2.24) is 15.0 Å². The smallest absolute Gasteiger partial charge is 0.412 e. The third-order valence-corrected chi connectivity index (χ3v) is 3.41. The summed E-state index contributed by atoms with van der Waals surface area (Å²) in [6.45, 7) is -0.333. The SMILES string of the molecule is O=C(Nc1ccc(F)cc1)OCc1cn(Cc2c(F)cccc2F)nn1. The average molecular weight is 362 g/mol. The van der Waals surface area contributed by atoms with Crippen molar-refractivity contribution in [3.8, 4) is 0 Å². The number of anilines is 1. The summed E-state index contributed by atoms with van der Waals surface area (Å²) in [5, 5.41) is 9.94. The number of amides is 1. The van der Waals surface area contributed by atoms with Crippen molar-refractivity contribution in [2.75, 3.05) is 5.32 Å². The lowest BCUT2D eigenvalue weighted by Gasteiger charge is -2.05. The zero-order valence-corrected chi connectivity index (χ0v) is 13.3. The minimum atomic E-state index is -0.758. The molecule has 1 heterocycles. The fourth-order valence-corrected chi connectivity index (χ4v) is 2.15. The summed E-state index contributed by atoms with van der Waals surface area (Å²) in [5.41, 5.74) is 0.532. The van der Waals surface area contributed by atoms with Crippen LogP contribution in [0.1, 0.15) is 11.3 Å². The normalized spacial score (nSPS) is 10.6. The first-order valence-corrected chi connectivity index (χ1v) is 7.52. The number of benzene rings is 2. The third kappa shape index (κ3) is 4.38. The second-order valence-corrected chi connectivity index (χ2v) is 5.32. The van der Waals surface area contributed by atoms with E-state index in [1.54, 1.807) is 0 Å². The summed E-state index contributed by atoms with van der Waals surface area (Å²) in [6, 6.07) is 8.74. The number of carbonyl (C=O) groups is 1. The minimum Gasteiger partial charge on any atom is -0.443 e. The lowest BCUT2D eigenvalue weighted by Crippen LogP contribution is -2.13. The Morgan fingerprint density at radius 3 is 2.46 bits per heavy atom. The Labute approximate surface area is 146 Å². The Morgan fingerprint density at radius 1 is 1.08 bits per heavy atom. The van der Waals surface area contributed by atoms with Gasteiger partial charge in [-0.3, -0.25) is 5.32 Å². The molecule has 0 fully saturated rings. The molecule has 0 aliphatic rings. The van der Waals surface area contributed by atoms with Crippen molar-refractivity contribution in [3.05, 3.63) is 77.4 Å². The maximum Gasteiger partial charge on any atom is 0.412 e. The quantitative estimate of drug-likeness (QED) is 0.754. The van der Waals surface area contributed by atoms with Crippen molar-refractivity contribution in [1.29, 1.82) is 0 Å². The Balaban J connectivity index is 1.55. The van der Waals surface area contributed by atoms with E-state index in [2.05, 4.69) is 15.6 Å². The molecule has 0 unspecified atom stereocenters. The Morgan fingerprint density at radius 2 is 1.77 bits per heavy atom. The highest BCUT2D eigenvalue weighted by Gasteiger charge is 2.11. The highest BCUT2D eigenvalue weighted by molar-refractivity contribution is 5.84. The Hall–Kier alpha value is -3.36. The molecule has 0 spiro atoms. The molecule has 0 aliphatic heterocycles. The molecule has 3 aromatic rings. The van der Waals surface area contributed by atoms with Crippen molar-refractivity contribution in [2.45, 2.75) is 13.2 Å². The topological polar surface area (TPSA) is 69.0 Å². The molecule has 0 radical (unpaired) electrons. The molecule has 1 N–H and O–H groups in total. The first-order chi connectivity index (χ1) is 12.5. The maximum atomic E-state index is 13.6. The van der Waals surface area contributed by atoms with Crippen molar-refractivity contribution < 1.29 is 22.7 Å². The number of ether oxygens (including phenoxy) is 1. The zero-order valence-electron chi connectivity index (χ0n) is 13.3. The van der Waals surface area contributed by atoms with E-state index in [1.165, 1.54) is 41.2 Å². The van der Waals surface area contributed by atoms with Crippen molar-refractivity contribution in [2.24, 2.45) is 0 Å². The number of rotatable bonds is 5. The first-order valence-electron chi connectivity index (χ1n) is 7.52. The second-order valence-electron chi connectivity index (χ2n) is 5.32. The number of nitrogens with zero attached hydrogens (tertiary/aromatic N) is 3. The number of aromatic nitrogens is 3. The van der Waals surface area contributed by atoms with Crippen LogP contribution < -0.4 is 5.32 Å². The van der Waals surface area contributed by atoms with Crippen LogP contribution in [0.2, 0.25) is 0 Å². The predicted octanol–water partition coefficient (Wildman–Crippen LogP) is 3.49. The van der Waals surface area contributed by atoms with Crippen LogP contribution in [0, 0.1) is 17.5 Å². The first kappa shape index (κ1) is 17.5. The van der Waals surface area contributed by atoms with Crippen molar-refractivity contribution in [3.63, 3.8) is 0 Å². The molecule has 9 heteroatoms. The molecule has 0 saturated carbocycles. The molecular weight excluding hydrogens is 349 g/mol. The van der Waals surface area contributed by atoms with Gasteiger partial charge in [-0.05, 0) is 36.4 Å². The number of hydrogen-bond acceptors (Lipinski definition) is 4. The van der Waals surface area contributed by atoms with E-state index in [0.29, 0.717) is 11.4 Å². The van der Waals surface area contributed by atoms with Crippen LogP contribution in [0.3, 0.4) is 0 Å². The zero-order chi connectivity index (χ0) is 18.5. The third-order valence-electron chi connectivity index (χ3n) is 3.41. The molecule has 2 aromatic carbocycles. The van der Waals surface area contributed by atoms with Gasteiger partial charge in [0, 0.05) is 11.3 Å². The van der Waals surface area contributed by atoms with Crippen LogP contribution >= 0.6 is 0 Å². The highest BCUT2D eigenvalue weighted by atomic mass is 19.1. The molecule has 26 heavy (non-hydrogen) atoms. The van der Waals surface area contributed by atoms with E-state index in [0.717, 1.165) is 12.1 Å². The highest BCUT2D eigenvalue weighted by Crippen LogP contribution is 2.13. The molecule has 1 amide bonds. The van der Waals surface area contributed by atoms with Gasteiger partial charge in [0.25, 0.3) is 0 Å². The van der Waals surface area contributed by atoms with E-state index in [1.807, 2.05) is 0 Å². The van der Waals surface area contributed by atoms with Gasteiger partial charge in [0.1, 0.15) is 29.8 Å². The summed E-state index contributed by atoms with van der Waals surface area (Å²) in [5.74, 6) is -1.79. The molecule has 134 valence electrons. The monoisotopic (exact) mass is 362 g/mol. The van der Waals surface area contributed by atoms with E-state index in [9.17, 15) is 18.0 Å². The summed E-state index contributed by atoms with van der Waals surface area (Å²) < 4.78 is 46.2. The molecule has 0 atom stereocenters. The van der Waals surface area contributed by atoms with E-state index in [-0.39, 0.29) is 18.7 Å². The fraction of sp³-hybridized carbons (Fsp3) is 0.118. The predicted molar refractivity (Wildman–Crippen MR) is 85.7 cm³/mol. The Kier molecular flexibility index (Phi) is 5.16. The van der Waals surface area contributed by atoms with Crippen LogP contribution in [0.5, 0.6) is 0 Å². The van der Waals surface area contributed by atoms with Crippen LogP contribution in [0.4, 0.5) is 23.7 Å². The Bertz CT molecular complexity index is 892. The summed E-state index contributed by atoms with van der Waals surface area (Å²) in [4.78, 5) is 11.7. The largest absolute Gasteiger partial charge is 0.443 e. The number of hydrogen-bond donors (Lipinski definition) is 1. The van der Waals surface area contributed by atoms with Gasteiger partial charge >= 0.3 is 6.09 Å². The van der Waals surface area contributed by atoms with E-state index >= 15 is 0 Å². The summed E-state index contributed by atoms with van der Waals surface area (Å²) in [6.07, 6.45) is 0.656. The van der Waals surface area contributed by atoms with Gasteiger partial charge < -0.3 is 4.74 Å². The number of carbonyl (C=O) groups excluding carboxylic acids is 1. The van der Waals surface area contributed by atoms with Gasteiger partial charge in [-0.1, -0.05) is 11.3 Å². The van der Waals surface area contributed by atoms with Crippen LogP contribution in [-0.4, -0.2) is 21.1 Å². The second kappa shape index (κ2) is 7.68. The number of nitrogens with one attached hydrogen (secondary N) is 1. The van der Waals surface area contributed by atoms with Gasteiger partial charge in [-0.15, -0.1) is 5.10 Å². The van der Waals surface area contributed by atoms with Crippen molar-refractivity contribution >= 4 is 11.8 Å². The van der Waals surface area contributed by atoms with Crippen LogP contribution in [0.15, 0.2) is 48.7 Å². The fourth-order valence-electron chi connectivity index (χ4n) is 2.15. The molecule has 6 nitrogen and oxygen atoms in total. The van der Waals surface area contributed by atoms with E-state index in [4.69, 9.17) is 4.74 Å². The average Bonchev–Trinajstić information content (AvgIpc) is 3.06. The lowest BCUT2D eigenvalue weighted by molar-refractivity contribution is 0.153. The molecule has 3 rings (SSSR count). The van der Waals surface area contributed by atoms with Gasteiger partial charge in [-0.2, -0.15) is 0 Å². The molecule has 1 aromatic heterocycles. The molecule has 0 saturated heterocycles. The lowest BCUT2D eigenvalue weighted by atomic mass is 10.2. The summed E-state index contributed by atoms with van der Waals surface area (Å²) in [7, 11) is 0. The minimum absolute atomic E-state index is 0.140. The maximum absolute atomic E-state index is 13.6.